The van der Waals surface area contributed by atoms with Crippen molar-refractivity contribution in [3.63, 3.8) is 0 Å². The Morgan fingerprint density at radius 2 is 1.76 bits per heavy atom. The van der Waals surface area contributed by atoms with Crippen molar-refractivity contribution < 1.29 is 22.7 Å². The molecule has 0 fully saturated rings. The molecule has 21 heavy (non-hydrogen) atoms. The number of carbonyl (C=O) groups is 1. The summed E-state index contributed by atoms with van der Waals surface area (Å²) in [6.07, 6.45) is -5.56. The Hall–Kier alpha value is -2.30. The molecule has 2 nitrogen and oxygen atoms in total. The third-order valence-corrected chi connectivity index (χ3v) is 2.98. The normalized spacial score (nSPS) is 11.2. The molecule has 0 spiro atoms. The molecule has 0 amide bonds. The quantitative estimate of drug-likeness (QED) is 0.796. The van der Waals surface area contributed by atoms with Crippen LogP contribution in [0.3, 0.4) is 0 Å². The highest BCUT2D eigenvalue weighted by Crippen LogP contribution is 2.27. The summed E-state index contributed by atoms with van der Waals surface area (Å²) in [7, 11) is 1.37. The molecular formula is C16H13F3O2. The summed E-state index contributed by atoms with van der Waals surface area (Å²) in [4.78, 5) is 12.3. The Labute approximate surface area is 120 Å². The highest BCUT2D eigenvalue weighted by Gasteiger charge is 2.30. The maximum Gasteiger partial charge on any atom is 0.393 e. The van der Waals surface area contributed by atoms with Gasteiger partial charge in [-0.3, -0.25) is 4.79 Å². The molecule has 0 aromatic heterocycles. The van der Waals surface area contributed by atoms with Gasteiger partial charge in [0.1, 0.15) is 5.75 Å². The second kappa shape index (κ2) is 5.99. The van der Waals surface area contributed by atoms with Gasteiger partial charge in [-0.15, -0.1) is 0 Å². The number of ketones is 1. The minimum atomic E-state index is -4.39. The van der Waals surface area contributed by atoms with Crippen LogP contribution in [0, 0.1) is 0 Å². The number of ether oxygens (including phenoxy) is 1. The van der Waals surface area contributed by atoms with Crippen molar-refractivity contribution in [3.8, 4) is 5.75 Å². The lowest BCUT2D eigenvalue weighted by Crippen LogP contribution is -2.15. The van der Waals surface area contributed by atoms with Crippen LogP contribution in [0.15, 0.2) is 48.5 Å². The van der Waals surface area contributed by atoms with E-state index in [1.165, 1.54) is 25.3 Å². The molecule has 0 unspecified atom stereocenters. The summed E-state index contributed by atoms with van der Waals surface area (Å²) in [5.74, 6) is -0.142. The molecule has 0 N–H and O–H groups in total. The number of hydrogen-bond acceptors (Lipinski definition) is 2. The van der Waals surface area contributed by atoms with Crippen LogP contribution in [-0.4, -0.2) is 19.1 Å². The van der Waals surface area contributed by atoms with Gasteiger partial charge >= 0.3 is 6.18 Å². The zero-order valence-corrected chi connectivity index (χ0v) is 11.3. The topological polar surface area (TPSA) is 26.3 Å². The van der Waals surface area contributed by atoms with Gasteiger partial charge in [-0.2, -0.15) is 13.2 Å². The van der Waals surface area contributed by atoms with Gasteiger partial charge in [0.25, 0.3) is 0 Å². The monoisotopic (exact) mass is 294 g/mol. The predicted octanol–water partition coefficient (Wildman–Crippen LogP) is 4.03. The van der Waals surface area contributed by atoms with Gasteiger partial charge in [-0.05, 0) is 23.8 Å². The Morgan fingerprint density at radius 3 is 2.33 bits per heavy atom. The van der Waals surface area contributed by atoms with Crippen LogP contribution in [0.5, 0.6) is 5.75 Å². The first-order valence-electron chi connectivity index (χ1n) is 6.24. The minimum absolute atomic E-state index is 0.0410. The molecule has 0 atom stereocenters. The van der Waals surface area contributed by atoms with Gasteiger partial charge in [0.05, 0.1) is 13.5 Å². The molecule has 0 bridgehead atoms. The second-order valence-corrected chi connectivity index (χ2v) is 4.51. The Kier molecular flexibility index (Phi) is 4.31. The highest BCUT2D eigenvalue weighted by atomic mass is 19.4. The molecule has 0 aliphatic heterocycles. The first-order chi connectivity index (χ1) is 9.90. The van der Waals surface area contributed by atoms with Gasteiger partial charge in [0.2, 0.25) is 0 Å². The van der Waals surface area contributed by atoms with Crippen LogP contribution >= 0.6 is 0 Å². The summed E-state index contributed by atoms with van der Waals surface area (Å²) in [5, 5.41) is 0. The van der Waals surface area contributed by atoms with Crippen molar-refractivity contribution in [2.45, 2.75) is 12.6 Å². The fourth-order valence-electron chi connectivity index (χ4n) is 2.03. The van der Waals surface area contributed by atoms with E-state index in [0.29, 0.717) is 11.3 Å². The van der Waals surface area contributed by atoms with Crippen molar-refractivity contribution in [1.82, 2.24) is 0 Å². The molecule has 0 saturated heterocycles. The van der Waals surface area contributed by atoms with Crippen LogP contribution in [0.2, 0.25) is 0 Å². The largest absolute Gasteiger partial charge is 0.497 e. The summed E-state index contributed by atoms with van der Waals surface area (Å²) in [6.45, 7) is 0. The third kappa shape index (κ3) is 3.84. The van der Waals surface area contributed by atoms with Crippen molar-refractivity contribution in [3.05, 3.63) is 65.2 Å². The number of halogens is 3. The average Bonchev–Trinajstić information content (AvgIpc) is 2.45. The average molecular weight is 294 g/mol. The molecule has 0 heterocycles. The van der Waals surface area contributed by atoms with Crippen molar-refractivity contribution in [1.29, 1.82) is 0 Å². The number of rotatable bonds is 4. The van der Waals surface area contributed by atoms with E-state index in [0.717, 1.165) is 0 Å². The molecular weight excluding hydrogens is 281 g/mol. The van der Waals surface area contributed by atoms with Crippen molar-refractivity contribution >= 4 is 5.78 Å². The maximum absolute atomic E-state index is 12.7. The molecule has 2 aromatic rings. The summed E-state index contributed by atoms with van der Waals surface area (Å²) < 4.78 is 42.9. The summed E-state index contributed by atoms with van der Waals surface area (Å²) in [6, 6.07) is 12.3. The van der Waals surface area contributed by atoms with E-state index in [4.69, 9.17) is 4.74 Å². The predicted molar refractivity (Wildman–Crippen MR) is 72.6 cm³/mol. The van der Waals surface area contributed by atoms with E-state index < -0.39 is 18.4 Å². The van der Waals surface area contributed by atoms with Gasteiger partial charge < -0.3 is 4.74 Å². The van der Waals surface area contributed by atoms with Gasteiger partial charge in [0.15, 0.2) is 5.78 Å². The van der Waals surface area contributed by atoms with Crippen LogP contribution in [0.25, 0.3) is 0 Å². The van der Waals surface area contributed by atoms with Crippen LogP contribution in [-0.2, 0) is 6.42 Å². The zero-order chi connectivity index (χ0) is 15.5. The van der Waals surface area contributed by atoms with E-state index in [1.807, 2.05) is 0 Å². The third-order valence-electron chi connectivity index (χ3n) is 2.98. The van der Waals surface area contributed by atoms with Crippen LogP contribution in [0.1, 0.15) is 21.5 Å². The van der Waals surface area contributed by atoms with E-state index in [1.54, 1.807) is 30.3 Å². The molecule has 110 valence electrons. The lowest BCUT2D eigenvalue weighted by molar-refractivity contribution is -0.127. The molecule has 2 aromatic carbocycles. The van der Waals surface area contributed by atoms with E-state index in [2.05, 4.69) is 0 Å². The fourth-order valence-corrected chi connectivity index (χ4v) is 2.03. The van der Waals surface area contributed by atoms with E-state index in [9.17, 15) is 18.0 Å². The number of hydrogen-bond donors (Lipinski definition) is 0. The number of carbonyl (C=O) groups excluding carboxylic acids is 1. The first kappa shape index (κ1) is 15.1. The Morgan fingerprint density at radius 1 is 1.10 bits per heavy atom. The number of alkyl halides is 3. The first-order valence-corrected chi connectivity index (χ1v) is 6.24. The Bertz CT molecular complexity index is 634. The van der Waals surface area contributed by atoms with Crippen LogP contribution in [0.4, 0.5) is 13.2 Å². The summed E-state index contributed by atoms with van der Waals surface area (Å²) >= 11 is 0. The maximum atomic E-state index is 12.7. The Balaban J connectivity index is 2.45. The van der Waals surface area contributed by atoms with Crippen molar-refractivity contribution in [2.24, 2.45) is 0 Å². The molecule has 0 radical (unpaired) electrons. The zero-order valence-electron chi connectivity index (χ0n) is 11.3. The molecule has 5 heteroatoms. The second-order valence-electron chi connectivity index (χ2n) is 4.51. The molecule has 0 aliphatic rings. The number of methoxy groups -OCH3 is 1. The smallest absolute Gasteiger partial charge is 0.393 e. The summed E-state index contributed by atoms with van der Waals surface area (Å²) in [5.41, 5.74) is 0.307. The fraction of sp³-hybridized carbons (Fsp3) is 0.188. The van der Waals surface area contributed by atoms with E-state index >= 15 is 0 Å². The molecule has 0 saturated carbocycles. The SMILES string of the molecule is COc1ccc(C(=O)c2ccccc2)c(CC(F)(F)F)c1. The minimum Gasteiger partial charge on any atom is -0.497 e. The number of benzene rings is 2. The van der Waals surface area contributed by atoms with Gasteiger partial charge in [-0.25, -0.2) is 0 Å². The lowest BCUT2D eigenvalue weighted by Gasteiger charge is -2.13. The lowest BCUT2D eigenvalue weighted by atomic mass is 9.96. The van der Waals surface area contributed by atoms with Crippen LogP contribution < -0.4 is 4.74 Å². The van der Waals surface area contributed by atoms with Gasteiger partial charge in [-0.1, -0.05) is 30.3 Å². The molecule has 2 rings (SSSR count). The highest BCUT2D eigenvalue weighted by molar-refractivity contribution is 6.10. The standard InChI is InChI=1S/C16H13F3O2/c1-21-13-7-8-14(12(9-13)10-16(17,18)19)15(20)11-5-3-2-4-6-11/h2-9H,10H2,1H3. The van der Waals surface area contributed by atoms with Gasteiger partial charge in [0, 0.05) is 11.1 Å². The molecule has 0 aliphatic carbocycles. The van der Waals surface area contributed by atoms with Crippen molar-refractivity contribution in [2.75, 3.05) is 7.11 Å². The van der Waals surface area contributed by atoms with E-state index in [-0.39, 0.29) is 11.1 Å².